The first kappa shape index (κ1) is 17.3. The minimum Gasteiger partial charge on any atom is -0.310 e. The van der Waals surface area contributed by atoms with Gasteiger partial charge < -0.3 is 4.57 Å². The zero-order chi connectivity index (χ0) is 18.7. The molecule has 4 heteroatoms. The Morgan fingerprint density at radius 3 is 1.93 bits per heavy atom. The van der Waals surface area contributed by atoms with Crippen LogP contribution in [0.2, 0.25) is 5.02 Å². The van der Waals surface area contributed by atoms with Crippen molar-refractivity contribution in [1.82, 2.24) is 9.55 Å². The summed E-state index contributed by atoms with van der Waals surface area (Å²) in [6, 6.07) is 27.8. The van der Waals surface area contributed by atoms with Crippen molar-refractivity contribution in [2.24, 2.45) is 0 Å². The molecule has 0 amide bonds. The molecule has 0 radical (unpaired) electrons. The zero-order valence-corrected chi connectivity index (χ0v) is 15.3. The highest BCUT2D eigenvalue weighted by molar-refractivity contribution is 6.31. The lowest BCUT2D eigenvalue weighted by Gasteiger charge is -2.38. The number of nitrogens with zero attached hydrogens (tertiary/aromatic N) is 2. The van der Waals surface area contributed by atoms with Gasteiger partial charge in [-0.3, -0.25) is 4.79 Å². The Hall–Kier alpha value is -3.17. The smallest absolute Gasteiger partial charge is 0.185 e. The summed E-state index contributed by atoms with van der Waals surface area (Å²) in [5.41, 5.74) is 2.04. The van der Waals surface area contributed by atoms with Gasteiger partial charge in [-0.15, -0.1) is 0 Å². The van der Waals surface area contributed by atoms with Crippen molar-refractivity contribution < 1.29 is 4.79 Å². The third-order valence-electron chi connectivity index (χ3n) is 4.78. The normalized spacial score (nSPS) is 11.3. The molecule has 0 aliphatic carbocycles. The van der Waals surface area contributed by atoms with E-state index in [9.17, 15) is 4.79 Å². The average molecular weight is 373 g/mol. The second-order valence-electron chi connectivity index (χ2n) is 6.20. The molecule has 1 aromatic heterocycles. The standard InChI is InChI=1S/C23H17ClN2O/c24-21-14-8-7-13-20(21)23(18-9-3-1-4-10-18,19-11-5-2-6-12-19)26-16-15-25-22(26)17-27/h1-17H. The molecular formula is C23H17ClN2O. The van der Waals surface area contributed by atoms with Gasteiger partial charge in [-0.1, -0.05) is 90.5 Å². The topological polar surface area (TPSA) is 34.9 Å². The van der Waals surface area contributed by atoms with Gasteiger partial charge in [-0.05, 0) is 17.2 Å². The van der Waals surface area contributed by atoms with Crippen LogP contribution in [0.5, 0.6) is 0 Å². The summed E-state index contributed by atoms with van der Waals surface area (Å²) >= 11 is 6.70. The van der Waals surface area contributed by atoms with Crippen LogP contribution < -0.4 is 0 Å². The maximum absolute atomic E-state index is 11.8. The van der Waals surface area contributed by atoms with E-state index in [1.807, 2.05) is 95.7 Å². The predicted octanol–water partition coefficient (Wildman–Crippen LogP) is 5.19. The SMILES string of the molecule is O=Cc1nccn1C(c1ccccc1)(c1ccccc1)c1ccccc1Cl. The van der Waals surface area contributed by atoms with Gasteiger partial charge in [0.15, 0.2) is 12.1 Å². The monoisotopic (exact) mass is 372 g/mol. The maximum Gasteiger partial charge on any atom is 0.185 e. The van der Waals surface area contributed by atoms with E-state index in [4.69, 9.17) is 11.6 Å². The van der Waals surface area contributed by atoms with Gasteiger partial charge in [0.2, 0.25) is 0 Å². The molecule has 27 heavy (non-hydrogen) atoms. The van der Waals surface area contributed by atoms with Crippen LogP contribution in [-0.4, -0.2) is 15.8 Å². The Morgan fingerprint density at radius 1 is 0.815 bits per heavy atom. The fraction of sp³-hybridized carbons (Fsp3) is 0.0435. The molecule has 0 spiro atoms. The minimum absolute atomic E-state index is 0.336. The molecule has 3 nitrogen and oxygen atoms in total. The van der Waals surface area contributed by atoms with E-state index >= 15 is 0 Å². The average Bonchev–Trinajstić information content (AvgIpc) is 3.21. The molecule has 0 bridgehead atoms. The Balaban J connectivity index is 2.20. The quantitative estimate of drug-likeness (QED) is 0.357. The molecule has 0 aliphatic rings. The van der Waals surface area contributed by atoms with Gasteiger partial charge in [0, 0.05) is 23.0 Å². The predicted molar refractivity (Wildman–Crippen MR) is 107 cm³/mol. The van der Waals surface area contributed by atoms with Crippen molar-refractivity contribution in [3.05, 3.63) is 125 Å². The number of hydrogen-bond acceptors (Lipinski definition) is 2. The van der Waals surface area contributed by atoms with Gasteiger partial charge in [-0.2, -0.15) is 0 Å². The number of aromatic nitrogens is 2. The summed E-state index contributed by atoms with van der Waals surface area (Å²) in [5, 5.41) is 0.621. The van der Waals surface area contributed by atoms with Crippen LogP contribution in [0.3, 0.4) is 0 Å². The van der Waals surface area contributed by atoms with E-state index in [-0.39, 0.29) is 0 Å². The van der Waals surface area contributed by atoms with Gasteiger partial charge >= 0.3 is 0 Å². The lowest BCUT2D eigenvalue weighted by Crippen LogP contribution is -2.38. The van der Waals surface area contributed by atoms with Crippen LogP contribution in [0.4, 0.5) is 0 Å². The van der Waals surface area contributed by atoms with Crippen molar-refractivity contribution in [2.45, 2.75) is 5.54 Å². The van der Waals surface area contributed by atoms with E-state index in [1.165, 1.54) is 0 Å². The molecule has 0 saturated carbocycles. The summed E-state index contributed by atoms with van der Waals surface area (Å²) < 4.78 is 1.89. The van der Waals surface area contributed by atoms with Crippen molar-refractivity contribution in [2.75, 3.05) is 0 Å². The Labute approximate surface area is 162 Å². The molecule has 0 unspecified atom stereocenters. The number of rotatable bonds is 5. The lowest BCUT2D eigenvalue weighted by molar-refractivity contribution is 0.110. The van der Waals surface area contributed by atoms with Crippen molar-refractivity contribution in [3.8, 4) is 0 Å². The third kappa shape index (κ3) is 2.77. The van der Waals surface area contributed by atoms with E-state index < -0.39 is 5.54 Å². The van der Waals surface area contributed by atoms with Crippen LogP contribution in [0.1, 0.15) is 27.3 Å². The summed E-state index contributed by atoms with van der Waals surface area (Å²) in [5.74, 6) is 0.336. The Bertz CT molecular complexity index is 1020. The number of hydrogen-bond donors (Lipinski definition) is 0. The van der Waals surface area contributed by atoms with Crippen molar-refractivity contribution >= 4 is 17.9 Å². The maximum atomic E-state index is 11.8. The van der Waals surface area contributed by atoms with Crippen molar-refractivity contribution in [3.63, 3.8) is 0 Å². The van der Waals surface area contributed by atoms with Gasteiger partial charge in [0.1, 0.15) is 5.54 Å². The molecule has 1 heterocycles. The highest BCUT2D eigenvalue weighted by atomic mass is 35.5. The second kappa shape index (κ2) is 7.22. The number of carbonyl (C=O) groups excluding carboxylic acids is 1. The van der Waals surface area contributed by atoms with E-state index in [1.54, 1.807) is 6.20 Å². The van der Waals surface area contributed by atoms with Crippen LogP contribution in [0.15, 0.2) is 97.3 Å². The summed E-state index contributed by atoms with van der Waals surface area (Å²) in [6.45, 7) is 0. The van der Waals surface area contributed by atoms with Crippen LogP contribution in [-0.2, 0) is 5.54 Å². The molecule has 3 aromatic carbocycles. The molecule has 132 valence electrons. The first-order valence-electron chi connectivity index (χ1n) is 8.63. The number of benzene rings is 3. The molecule has 4 aromatic rings. The summed E-state index contributed by atoms with van der Waals surface area (Å²) in [4.78, 5) is 16.1. The number of aldehydes is 1. The third-order valence-corrected chi connectivity index (χ3v) is 5.11. The van der Waals surface area contributed by atoms with Crippen LogP contribution in [0.25, 0.3) is 0 Å². The summed E-state index contributed by atoms with van der Waals surface area (Å²) in [6.07, 6.45) is 4.24. The molecule has 4 rings (SSSR count). The fourth-order valence-electron chi connectivity index (χ4n) is 3.68. The molecule has 0 aliphatic heterocycles. The molecular weight excluding hydrogens is 356 g/mol. The van der Waals surface area contributed by atoms with Crippen LogP contribution in [0, 0.1) is 0 Å². The van der Waals surface area contributed by atoms with E-state index in [0.29, 0.717) is 10.8 Å². The second-order valence-corrected chi connectivity index (χ2v) is 6.60. The number of halogens is 1. The largest absolute Gasteiger partial charge is 0.310 e. The van der Waals surface area contributed by atoms with Crippen LogP contribution >= 0.6 is 11.6 Å². The molecule has 0 atom stereocenters. The minimum atomic E-state index is -0.826. The molecule has 0 fully saturated rings. The van der Waals surface area contributed by atoms with Gasteiger partial charge in [0.25, 0.3) is 0 Å². The van der Waals surface area contributed by atoms with Gasteiger partial charge in [0.05, 0.1) is 0 Å². The molecule has 0 N–H and O–H groups in total. The zero-order valence-electron chi connectivity index (χ0n) is 14.5. The van der Waals surface area contributed by atoms with Gasteiger partial charge in [-0.25, -0.2) is 4.98 Å². The first-order valence-corrected chi connectivity index (χ1v) is 9.01. The lowest BCUT2D eigenvalue weighted by atomic mass is 9.76. The summed E-state index contributed by atoms with van der Waals surface area (Å²) in [7, 11) is 0. The number of imidazole rings is 1. The molecule has 0 saturated heterocycles. The number of carbonyl (C=O) groups is 1. The van der Waals surface area contributed by atoms with E-state index in [2.05, 4.69) is 4.98 Å². The Kier molecular flexibility index (Phi) is 4.61. The van der Waals surface area contributed by atoms with Crippen molar-refractivity contribution in [1.29, 1.82) is 0 Å². The highest BCUT2D eigenvalue weighted by Gasteiger charge is 2.40. The first-order chi connectivity index (χ1) is 13.3. The fourth-order valence-corrected chi connectivity index (χ4v) is 3.96. The van der Waals surface area contributed by atoms with E-state index in [0.717, 1.165) is 23.0 Å². The highest BCUT2D eigenvalue weighted by Crippen LogP contribution is 2.43. The Morgan fingerprint density at radius 2 is 1.37 bits per heavy atom.